The van der Waals surface area contributed by atoms with E-state index >= 15 is 0 Å². The van der Waals surface area contributed by atoms with Crippen LogP contribution in [0.5, 0.6) is 0 Å². The van der Waals surface area contributed by atoms with Crippen molar-refractivity contribution in [2.24, 2.45) is 0 Å². The number of ether oxygens (including phenoxy) is 1. The van der Waals surface area contributed by atoms with Crippen LogP contribution in [-0.2, 0) is 4.74 Å². The number of aromatic nitrogens is 2. The van der Waals surface area contributed by atoms with Crippen LogP contribution in [-0.4, -0.2) is 41.4 Å². The van der Waals surface area contributed by atoms with Crippen LogP contribution in [0, 0.1) is 6.92 Å². The van der Waals surface area contributed by atoms with Crippen LogP contribution in [0.15, 0.2) is 10.7 Å². The summed E-state index contributed by atoms with van der Waals surface area (Å²) in [5.74, 6) is 1.42. The molecule has 0 amide bonds. The van der Waals surface area contributed by atoms with Crippen LogP contribution in [0.3, 0.4) is 0 Å². The van der Waals surface area contributed by atoms with Crippen LogP contribution in [0.4, 0.5) is 5.82 Å². The number of anilines is 1. The number of halogens is 1. The third kappa shape index (κ3) is 4.42. The van der Waals surface area contributed by atoms with E-state index in [9.17, 15) is 0 Å². The minimum Gasteiger partial charge on any atom is -0.396 e. The van der Waals surface area contributed by atoms with Gasteiger partial charge in [-0.2, -0.15) is 0 Å². The molecular formula is C10H16BrN3O2. The fourth-order valence-corrected chi connectivity index (χ4v) is 1.84. The minimum absolute atomic E-state index is 0.0520. The molecule has 16 heavy (non-hydrogen) atoms. The van der Waals surface area contributed by atoms with Crippen LogP contribution in [0.2, 0.25) is 0 Å². The Balaban J connectivity index is 2.68. The first kappa shape index (κ1) is 13.3. The maximum atomic E-state index is 8.91. The number of hydrogen-bond acceptors (Lipinski definition) is 5. The van der Waals surface area contributed by atoms with Gasteiger partial charge in [-0.1, -0.05) is 0 Å². The Morgan fingerprint density at radius 2 is 2.31 bits per heavy atom. The molecule has 0 aliphatic rings. The smallest absolute Gasteiger partial charge is 0.131 e. The number of aliphatic hydroxyl groups excluding tert-OH is 1. The molecule has 1 rings (SSSR count). The molecule has 0 aliphatic heterocycles. The van der Waals surface area contributed by atoms with Crippen molar-refractivity contribution < 1.29 is 9.84 Å². The molecule has 1 unspecified atom stereocenters. The first-order valence-corrected chi connectivity index (χ1v) is 5.82. The normalized spacial score (nSPS) is 12.5. The second-order valence-corrected chi connectivity index (χ2v) is 4.24. The first-order valence-electron chi connectivity index (χ1n) is 5.03. The molecule has 2 N–H and O–H groups in total. The lowest BCUT2D eigenvalue weighted by atomic mass is 10.2. The van der Waals surface area contributed by atoms with Crippen LogP contribution in [0.25, 0.3) is 0 Å². The number of methoxy groups -OCH3 is 1. The van der Waals surface area contributed by atoms with Crippen molar-refractivity contribution >= 4 is 21.7 Å². The first-order chi connectivity index (χ1) is 7.65. The summed E-state index contributed by atoms with van der Waals surface area (Å²) < 4.78 is 5.80. The van der Waals surface area contributed by atoms with E-state index in [1.807, 2.05) is 6.92 Å². The fourth-order valence-electron chi connectivity index (χ4n) is 1.37. The molecule has 1 atom stereocenters. The molecule has 90 valence electrons. The number of nitrogens with one attached hydrogen (secondary N) is 1. The van der Waals surface area contributed by atoms with Crippen molar-refractivity contribution in [2.75, 3.05) is 25.6 Å². The Morgan fingerprint density at radius 1 is 1.56 bits per heavy atom. The second kappa shape index (κ2) is 6.78. The van der Waals surface area contributed by atoms with Crippen LogP contribution < -0.4 is 5.32 Å². The van der Waals surface area contributed by atoms with Gasteiger partial charge in [-0.15, -0.1) is 0 Å². The van der Waals surface area contributed by atoms with Crippen molar-refractivity contribution in [1.29, 1.82) is 0 Å². The predicted molar refractivity (Wildman–Crippen MR) is 65.5 cm³/mol. The van der Waals surface area contributed by atoms with Crippen molar-refractivity contribution in [3.8, 4) is 0 Å². The van der Waals surface area contributed by atoms with E-state index in [0.29, 0.717) is 18.9 Å². The quantitative estimate of drug-likeness (QED) is 0.774. The summed E-state index contributed by atoms with van der Waals surface area (Å²) in [4.78, 5) is 8.37. The molecular weight excluding hydrogens is 274 g/mol. The third-order valence-electron chi connectivity index (χ3n) is 2.00. The molecule has 0 aliphatic carbocycles. The van der Waals surface area contributed by atoms with Gasteiger partial charge in [-0.3, -0.25) is 0 Å². The van der Waals surface area contributed by atoms with Crippen LogP contribution in [0.1, 0.15) is 12.2 Å². The number of nitrogens with zero attached hydrogens (tertiary/aromatic N) is 2. The van der Waals surface area contributed by atoms with Gasteiger partial charge in [0.15, 0.2) is 0 Å². The average Bonchev–Trinajstić information content (AvgIpc) is 2.16. The lowest BCUT2D eigenvalue weighted by Gasteiger charge is -2.17. The van der Waals surface area contributed by atoms with Gasteiger partial charge in [0.05, 0.1) is 12.6 Å². The molecule has 0 spiro atoms. The number of rotatable bonds is 6. The van der Waals surface area contributed by atoms with Crippen molar-refractivity contribution in [2.45, 2.75) is 19.4 Å². The molecule has 6 heteroatoms. The highest BCUT2D eigenvalue weighted by atomic mass is 79.9. The average molecular weight is 290 g/mol. The molecule has 0 bridgehead atoms. The van der Waals surface area contributed by atoms with Crippen LogP contribution >= 0.6 is 15.9 Å². The Bertz CT molecular complexity index is 310. The molecule has 0 fully saturated rings. The van der Waals surface area contributed by atoms with Gasteiger partial charge in [-0.05, 0) is 29.3 Å². The monoisotopic (exact) mass is 289 g/mol. The van der Waals surface area contributed by atoms with E-state index in [0.717, 1.165) is 10.4 Å². The highest BCUT2D eigenvalue weighted by molar-refractivity contribution is 9.10. The highest BCUT2D eigenvalue weighted by Crippen LogP contribution is 2.13. The summed E-state index contributed by atoms with van der Waals surface area (Å²) in [6, 6.07) is 1.85. The topological polar surface area (TPSA) is 67.3 Å². The largest absolute Gasteiger partial charge is 0.396 e. The summed E-state index contributed by atoms with van der Waals surface area (Å²) >= 11 is 3.31. The molecule has 0 saturated heterocycles. The zero-order valence-corrected chi connectivity index (χ0v) is 11.0. The van der Waals surface area contributed by atoms with Crippen molar-refractivity contribution in [1.82, 2.24) is 9.97 Å². The van der Waals surface area contributed by atoms with Gasteiger partial charge in [0, 0.05) is 19.8 Å². The zero-order chi connectivity index (χ0) is 12.0. The van der Waals surface area contributed by atoms with Gasteiger partial charge < -0.3 is 15.2 Å². The van der Waals surface area contributed by atoms with Crippen molar-refractivity contribution in [3.63, 3.8) is 0 Å². The van der Waals surface area contributed by atoms with Gasteiger partial charge in [0.25, 0.3) is 0 Å². The SMILES string of the molecule is COCC(CCO)Nc1cc(Br)nc(C)n1. The zero-order valence-electron chi connectivity index (χ0n) is 9.40. The molecule has 5 nitrogen and oxygen atoms in total. The molecule has 0 saturated carbocycles. The number of hydrogen-bond donors (Lipinski definition) is 2. The van der Waals surface area contributed by atoms with Gasteiger partial charge in [0.1, 0.15) is 16.2 Å². The Morgan fingerprint density at radius 3 is 2.88 bits per heavy atom. The molecule has 1 aromatic heterocycles. The standard InChI is InChI=1S/C10H16BrN3O2/c1-7-12-9(11)5-10(13-7)14-8(3-4-15)6-16-2/h5,8,15H,3-4,6H2,1-2H3,(H,12,13,14). The maximum absolute atomic E-state index is 8.91. The number of aryl methyl sites for hydroxylation is 1. The Kier molecular flexibility index (Phi) is 5.65. The van der Waals surface area contributed by atoms with E-state index in [1.54, 1.807) is 13.2 Å². The number of aliphatic hydroxyl groups is 1. The van der Waals surface area contributed by atoms with Gasteiger partial charge in [-0.25, -0.2) is 9.97 Å². The highest BCUT2D eigenvalue weighted by Gasteiger charge is 2.09. The van der Waals surface area contributed by atoms with Gasteiger partial charge >= 0.3 is 0 Å². The van der Waals surface area contributed by atoms with E-state index in [1.165, 1.54) is 0 Å². The molecule has 1 heterocycles. The maximum Gasteiger partial charge on any atom is 0.131 e. The Hall–Kier alpha value is -0.720. The van der Waals surface area contributed by atoms with E-state index < -0.39 is 0 Å². The van der Waals surface area contributed by atoms with E-state index in [-0.39, 0.29) is 12.6 Å². The summed E-state index contributed by atoms with van der Waals surface area (Å²) in [6.45, 7) is 2.47. The second-order valence-electron chi connectivity index (χ2n) is 3.43. The lowest BCUT2D eigenvalue weighted by Crippen LogP contribution is -2.26. The minimum atomic E-state index is 0.0520. The third-order valence-corrected chi connectivity index (χ3v) is 2.41. The van der Waals surface area contributed by atoms with E-state index in [2.05, 4.69) is 31.2 Å². The summed E-state index contributed by atoms with van der Waals surface area (Å²) in [6.07, 6.45) is 0.620. The predicted octanol–water partition coefficient (Wildman–Crippen LogP) is 1.36. The Labute approximate surface area is 103 Å². The summed E-state index contributed by atoms with van der Waals surface area (Å²) in [7, 11) is 1.63. The molecule has 0 aromatic carbocycles. The van der Waals surface area contributed by atoms with Crippen molar-refractivity contribution in [3.05, 3.63) is 16.5 Å². The molecule has 1 aromatic rings. The summed E-state index contributed by atoms with van der Waals surface area (Å²) in [5.41, 5.74) is 0. The fraction of sp³-hybridized carbons (Fsp3) is 0.600. The summed E-state index contributed by atoms with van der Waals surface area (Å²) in [5, 5.41) is 12.1. The molecule has 0 radical (unpaired) electrons. The van der Waals surface area contributed by atoms with E-state index in [4.69, 9.17) is 9.84 Å². The van der Waals surface area contributed by atoms with Gasteiger partial charge in [0.2, 0.25) is 0 Å². The lowest BCUT2D eigenvalue weighted by molar-refractivity contribution is 0.170.